The highest BCUT2D eigenvalue weighted by molar-refractivity contribution is 5.74. The van der Waals surface area contributed by atoms with Gasteiger partial charge >= 0.3 is 6.03 Å². The van der Waals surface area contributed by atoms with Crippen molar-refractivity contribution in [2.24, 2.45) is 7.05 Å². The lowest BCUT2D eigenvalue weighted by atomic mass is 10.1. The SMILES string of the molecule is COc1ccc([C@@H](NC(=O)NC[C@H](C)N(C)C)c2nccn2C)cc1. The molecule has 2 atom stereocenters. The zero-order valence-electron chi connectivity index (χ0n) is 15.5. The van der Waals surface area contributed by atoms with Gasteiger partial charge in [0.15, 0.2) is 0 Å². The molecule has 0 aliphatic rings. The van der Waals surface area contributed by atoms with Gasteiger partial charge in [-0.3, -0.25) is 0 Å². The van der Waals surface area contributed by atoms with Gasteiger partial charge in [-0.2, -0.15) is 0 Å². The average molecular weight is 345 g/mol. The second-order valence-electron chi connectivity index (χ2n) is 6.27. The van der Waals surface area contributed by atoms with E-state index in [1.54, 1.807) is 13.3 Å². The van der Waals surface area contributed by atoms with Gasteiger partial charge in [0, 0.05) is 32.0 Å². The highest BCUT2D eigenvalue weighted by Crippen LogP contribution is 2.22. The molecule has 2 N–H and O–H groups in total. The minimum atomic E-state index is -0.347. The molecular weight excluding hydrogens is 318 g/mol. The monoisotopic (exact) mass is 345 g/mol. The van der Waals surface area contributed by atoms with Gasteiger partial charge < -0.3 is 24.8 Å². The van der Waals surface area contributed by atoms with Crippen LogP contribution in [-0.4, -0.2) is 54.3 Å². The molecular formula is C18H27N5O2. The van der Waals surface area contributed by atoms with Gasteiger partial charge in [0.2, 0.25) is 0 Å². The molecule has 0 bridgehead atoms. The number of rotatable bonds is 7. The summed E-state index contributed by atoms with van der Waals surface area (Å²) in [5.74, 6) is 1.53. The van der Waals surface area contributed by atoms with E-state index in [0.29, 0.717) is 6.54 Å². The molecule has 7 nitrogen and oxygen atoms in total. The van der Waals surface area contributed by atoms with Crippen LogP contribution in [0.5, 0.6) is 5.75 Å². The fraction of sp³-hybridized carbons (Fsp3) is 0.444. The van der Waals surface area contributed by atoms with E-state index in [-0.39, 0.29) is 18.1 Å². The van der Waals surface area contributed by atoms with Gasteiger partial charge in [-0.05, 0) is 38.7 Å². The molecule has 2 aromatic rings. The Morgan fingerprint density at radius 1 is 1.32 bits per heavy atom. The van der Waals surface area contributed by atoms with Crippen molar-refractivity contribution in [1.29, 1.82) is 0 Å². The van der Waals surface area contributed by atoms with Crippen molar-refractivity contribution < 1.29 is 9.53 Å². The summed E-state index contributed by atoms with van der Waals surface area (Å²) in [6.07, 6.45) is 3.58. The quantitative estimate of drug-likeness (QED) is 0.802. The van der Waals surface area contributed by atoms with Crippen LogP contribution in [0.3, 0.4) is 0 Å². The number of nitrogens with zero attached hydrogens (tertiary/aromatic N) is 3. The number of nitrogens with one attached hydrogen (secondary N) is 2. The van der Waals surface area contributed by atoms with Crippen LogP contribution in [0.25, 0.3) is 0 Å². The number of methoxy groups -OCH3 is 1. The Balaban J connectivity index is 2.15. The smallest absolute Gasteiger partial charge is 0.315 e. The zero-order chi connectivity index (χ0) is 18.4. The molecule has 2 rings (SSSR count). The molecule has 0 saturated carbocycles. The van der Waals surface area contributed by atoms with Crippen LogP contribution in [0, 0.1) is 0 Å². The molecule has 0 radical (unpaired) electrons. The number of urea groups is 1. The van der Waals surface area contributed by atoms with E-state index in [1.807, 2.05) is 56.2 Å². The van der Waals surface area contributed by atoms with Gasteiger partial charge in [0.25, 0.3) is 0 Å². The summed E-state index contributed by atoms with van der Waals surface area (Å²) in [6.45, 7) is 2.62. The van der Waals surface area contributed by atoms with Gasteiger partial charge in [0.05, 0.1) is 7.11 Å². The summed E-state index contributed by atoms with van der Waals surface area (Å²) in [5.41, 5.74) is 0.936. The highest BCUT2D eigenvalue weighted by Gasteiger charge is 2.21. The molecule has 2 amide bonds. The Hall–Kier alpha value is -2.54. The fourth-order valence-electron chi connectivity index (χ4n) is 2.35. The normalized spacial score (nSPS) is 13.4. The van der Waals surface area contributed by atoms with Gasteiger partial charge in [-0.15, -0.1) is 0 Å². The van der Waals surface area contributed by atoms with Crippen LogP contribution < -0.4 is 15.4 Å². The lowest BCUT2D eigenvalue weighted by Gasteiger charge is -2.23. The fourth-order valence-corrected chi connectivity index (χ4v) is 2.35. The molecule has 1 aromatic carbocycles. The minimum absolute atomic E-state index is 0.225. The molecule has 136 valence electrons. The van der Waals surface area contributed by atoms with Gasteiger partial charge in [0.1, 0.15) is 17.6 Å². The second kappa shape index (κ2) is 8.53. The van der Waals surface area contributed by atoms with Gasteiger partial charge in [-0.1, -0.05) is 12.1 Å². The number of imidazole rings is 1. The topological polar surface area (TPSA) is 71.4 Å². The van der Waals surface area contributed by atoms with Crippen LogP contribution in [0.15, 0.2) is 36.7 Å². The minimum Gasteiger partial charge on any atom is -0.497 e. The predicted octanol–water partition coefficient (Wildman–Crippen LogP) is 1.77. The maximum Gasteiger partial charge on any atom is 0.315 e. The number of aromatic nitrogens is 2. The van der Waals surface area contributed by atoms with Crippen molar-refractivity contribution in [2.45, 2.75) is 19.0 Å². The summed E-state index contributed by atoms with van der Waals surface area (Å²) in [4.78, 5) is 18.8. The Kier molecular flexibility index (Phi) is 6.41. The third kappa shape index (κ3) is 4.96. The molecule has 0 unspecified atom stereocenters. The van der Waals surface area contributed by atoms with Gasteiger partial charge in [-0.25, -0.2) is 9.78 Å². The van der Waals surface area contributed by atoms with Crippen LogP contribution in [-0.2, 0) is 7.05 Å². The third-order valence-electron chi connectivity index (χ3n) is 4.28. The maximum atomic E-state index is 12.4. The number of ether oxygens (including phenoxy) is 1. The first-order chi connectivity index (χ1) is 11.9. The molecule has 0 aliphatic carbocycles. The number of carbonyl (C=O) groups is 1. The average Bonchev–Trinajstić information content (AvgIpc) is 3.03. The van der Waals surface area contributed by atoms with Crippen LogP contribution in [0.1, 0.15) is 24.4 Å². The number of carbonyl (C=O) groups excluding carboxylic acids is 1. The summed E-state index contributed by atoms with van der Waals surface area (Å²) in [7, 11) is 7.51. The lowest BCUT2D eigenvalue weighted by molar-refractivity contribution is 0.232. The Bertz CT molecular complexity index is 681. The molecule has 0 saturated heterocycles. The predicted molar refractivity (Wildman–Crippen MR) is 97.7 cm³/mol. The molecule has 0 fully saturated rings. The van der Waals surface area contributed by atoms with E-state index in [9.17, 15) is 4.79 Å². The van der Waals surface area contributed by atoms with E-state index in [4.69, 9.17) is 4.74 Å². The van der Waals surface area contributed by atoms with E-state index in [2.05, 4.69) is 27.4 Å². The third-order valence-corrected chi connectivity index (χ3v) is 4.28. The summed E-state index contributed by atoms with van der Waals surface area (Å²) in [5, 5.41) is 5.93. The maximum absolute atomic E-state index is 12.4. The number of aryl methyl sites for hydroxylation is 1. The van der Waals surface area contributed by atoms with E-state index in [1.165, 1.54) is 0 Å². The van der Waals surface area contributed by atoms with Crippen LogP contribution >= 0.6 is 0 Å². The summed E-state index contributed by atoms with van der Waals surface area (Å²) in [6, 6.07) is 7.29. The Labute approximate surface area is 149 Å². The first kappa shape index (κ1) is 18.8. The van der Waals surface area contributed by atoms with Crippen molar-refractivity contribution >= 4 is 6.03 Å². The lowest BCUT2D eigenvalue weighted by Crippen LogP contribution is -2.44. The Morgan fingerprint density at radius 2 is 2.00 bits per heavy atom. The van der Waals surface area contributed by atoms with E-state index in [0.717, 1.165) is 17.1 Å². The van der Waals surface area contributed by atoms with Crippen molar-refractivity contribution in [3.05, 3.63) is 48.0 Å². The molecule has 25 heavy (non-hydrogen) atoms. The number of hydrogen-bond donors (Lipinski definition) is 2. The number of benzene rings is 1. The van der Waals surface area contributed by atoms with Crippen molar-refractivity contribution in [1.82, 2.24) is 25.1 Å². The summed E-state index contributed by atoms with van der Waals surface area (Å²) < 4.78 is 7.11. The Morgan fingerprint density at radius 3 is 2.52 bits per heavy atom. The molecule has 0 spiro atoms. The van der Waals surface area contributed by atoms with Crippen molar-refractivity contribution in [3.63, 3.8) is 0 Å². The second-order valence-corrected chi connectivity index (χ2v) is 6.27. The standard InChI is InChI=1S/C18H27N5O2/c1-13(22(2)3)12-20-18(24)21-16(17-19-10-11-23(17)4)14-6-8-15(25-5)9-7-14/h6-11,13,16H,12H2,1-5H3,(H2,20,21,24)/t13-,16+/m0/s1. The molecule has 1 heterocycles. The first-order valence-electron chi connectivity index (χ1n) is 8.24. The highest BCUT2D eigenvalue weighted by atomic mass is 16.5. The molecule has 0 aliphatic heterocycles. The molecule has 7 heteroatoms. The number of amides is 2. The van der Waals surface area contributed by atoms with E-state index >= 15 is 0 Å². The van der Waals surface area contributed by atoms with Crippen molar-refractivity contribution in [2.75, 3.05) is 27.7 Å². The first-order valence-corrected chi connectivity index (χ1v) is 8.24. The molecule has 1 aromatic heterocycles. The zero-order valence-corrected chi connectivity index (χ0v) is 15.5. The largest absolute Gasteiger partial charge is 0.497 e. The summed E-state index contributed by atoms with van der Waals surface area (Å²) >= 11 is 0. The van der Waals surface area contributed by atoms with Crippen molar-refractivity contribution in [3.8, 4) is 5.75 Å². The number of likely N-dealkylation sites (N-methyl/N-ethyl adjacent to an activating group) is 1. The number of hydrogen-bond acceptors (Lipinski definition) is 4. The van der Waals surface area contributed by atoms with E-state index < -0.39 is 0 Å². The van der Waals surface area contributed by atoms with Crippen LogP contribution in [0.2, 0.25) is 0 Å². The van der Waals surface area contributed by atoms with Crippen LogP contribution in [0.4, 0.5) is 4.79 Å².